The third kappa shape index (κ3) is 6.46. The Hall–Kier alpha value is -2.67. The Balaban J connectivity index is 1.53. The van der Waals surface area contributed by atoms with Crippen molar-refractivity contribution < 1.29 is 41.0 Å². The summed E-state index contributed by atoms with van der Waals surface area (Å²) in [5, 5.41) is 15.8. The second kappa shape index (κ2) is 12.1. The van der Waals surface area contributed by atoms with Crippen molar-refractivity contribution in [2.75, 3.05) is 19.0 Å². The summed E-state index contributed by atoms with van der Waals surface area (Å²) in [4.78, 5) is 25.4. The molecule has 2 aromatic carbocycles. The Bertz CT molecular complexity index is 1460. The van der Waals surface area contributed by atoms with E-state index in [9.17, 15) is 36.3 Å². The maximum absolute atomic E-state index is 13.8. The van der Waals surface area contributed by atoms with Crippen LogP contribution < -0.4 is 10.6 Å². The number of anilines is 1. The zero-order valence-electron chi connectivity index (χ0n) is 23.5. The largest absolute Gasteiger partial charge is 0.389 e. The van der Waals surface area contributed by atoms with Gasteiger partial charge in [0, 0.05) is 30.5 Å². The van der Waals surface area contributed by atoms with Crippen LogP contribution in [0.25, 0.3) is 0 Å². The molecule has 2 aromatic rings. The first-order valence-corrected chi connectivity index (χ1v) is 15.6. The number of nitrogens with one attached hydrogen (secondary N) is 2. The van der Waals surface area contributed by atoms with Crippen molar-refractivity contribution in [2.45, 2.75) is 73.7 Å². The molecule has 0 bridgehead atoms. The highest BCUT2D eigenvalue weighted by atomic mass is 35.5. The van der Waals surface area contributed by atoms with E-state index in [1.807, 2.05) is 6.92 Å². The molecule has 0 spiro atoms. The van der Waals surface area contributed by atoms with E-state index in [2.05, 4.69) is 10.6 Å². The molecule has 3 N–H and O–H groups in total. The van der Waals surface area contributed by atoms with Crippen molar-refractivity contribution in [3.05, 3.63) is 58.4 Å². The summed E-state index contributed by atoms with van der Waals surface area (Å²) >= 11 is 6.28. The summed E-state index contributed by atoms with van der Waals surface area (Å²) in [6.07, 6.45) is 1.93. The molecule has 2 fully saturated rings. The van der Waals surface area contributed by atoms with Crippen LogP contribution in [0.1, 0.15) is 62.7 Å². The highest BCUT2D eigenvalue weighted by Crippen LogP contribution is 2.46. The molecule has 1 unspecified atom stereocenters. The molecule has 0 heterocycles. The van der Waals surface area contributed by atoms with Gasteiger partial charge in [-0.05, 0) is 55.7 Å². The monoisotopic (exact) mass is 630 g/mol. The predicted octanol–water partition coefficient (Wildman–Crippen LogP) is 5.02. The number of halogens is 4. The molecule has 0 aliphatic heterocycles. The average Bonchev–Trinajstić information content (AvgIpc) is 3.67. The van der Waals surface area contributed by atoms with Crippen LogP contribution in [0.2, 0.25) is 5.02 Å². The van der Waals surface area contributed by atoms with Gasteiger partial charge in [0.15, 0.2) is 27.3 Å². The lowest BCUT2D eigenvalue weighted by atomic mass is 9.66. The SMILES string of the molecule is CCC1C[C@@H](S(=O)(=O)c2cc(C(=O)Nc3cc(F)c(F)c(F)c3)ccc2Cl)C[C@H](C)[C@@]1(O)CC(=O)NC1(COC)CC1. The lowest BCUT2D eigenvalue weighted by Crippen LogP contribution is -2.55. The molecule has 2 amide bonds. The Kier molecular flexibility index (Phi) is 9.32. The molecule has 0 saturated heterocycles. The van der Waals surface area contributed by atoms with Gasteiger partial charge in [0.2, 0.25) is 5.91 Å². The topological polar surface area (TPSA) is 122 Å². The first kappa shape index (κ1) is 32.2. The van der Waals surface area contributed by atoms with E-state index in [-0.39, 0.29) is 46.3 Å². The lowest BCUT2D eigenvalue weighted by Gasteiger charge is -2.47. The Labute approximate surface area is 247 Å². The summed E-state index contributed by atoms with van der Waals surface area (Å²) in [5.41, 5.74) is -2.36. The fourth-order valence-corrected chi connectivity index (χ4v) is 8.37. The Morgan fingerprint density at radius 2 is 1.76 bits per heavy atom. The van der Waals surface area contributed by atoms with E-state index in [4.69, 9.17) is 16.3 Å². The van der Waals surface area contributed by atoms with Gasteiger partial charge in [-0.15, -0.1) is 0 Å². The minimum atomic E-state index is -4.13. The van der Waals surface area contributed by atoms with Crippen LogP contribution in [0.5, 0.6) is 0 Å². The molecule has 2 saturated carbocycles. The molecule has 2 aliphatic carbocycles. The zero-order valence-corrected chi connectivity index (χ0v) is 25.0. The van der Waals surface area contributed by atoms with Crippen molar-refractivity contribution in [1.29, 1.82) is 0 Å². The Morgan fingerprint density at radius 3 is 2.33 bits per heavy atom. The fourth-order valence-electron chi connectivity index (χ4n) is 5.91. The van der Waals surface area contributed by atoms with Crippen molar-refractivity contribution in [3.8, 4) is 0 Å². The van der Waals surface area contributed by atoms with Gasteiger partial charge in [-0.25, -0.2) is 21.6 Å². The minimum absolute atomic E-state index is 0.0483. The Morgan fingerprint density at radius 1 is 1.12 bits per heavy atom. The van der Waals surface area contributed by atoms with E-state index in [1.54, 1.807) is 14.0 Å². The van der Waals surface area contributed by atoms with E-state index < -0.39 is 61.4 Å². The van der Waals surface area contributed by atoms with E-state index in [0.717, 1.165) is 18.9 Å². The van der Waals surface area contributed by atoms with Gasteiger partial charge in [-0.1, -0.05) is 31.9 Å². The third-order valence-electron chi connectivity index (χ3n) is 8.52. The average molecular weight is 631 g/mol. The highest BCUT2D eigenvalue weighted by molar-refractivity contribution is 7.92. The van der Waals surface area contributed by atoms with Gasteiger partial charge >= 0.3 is 0 Å². The van der Waals surface area contributed by atoms with Crippen molar-refractivity contribution in [1.82, 2.24) is 5.32 Å². The second-order valence-corrected chi connectivity index (χ2v) is 14.0. The first-order valence-electron chi connectivity index (χ1n) is 13.7. The molecule has 0 radical (unpaired) electrons. The van der Waals surface area contributed by atoms with E-state index in [0.29, 0.717) is 25.2 Å². The smallest absolute Gasteiger partial charge is 0.255 e. The van der Waals surface area contributed by atoms with Gasteiger partial charge < -0.3 is 20.5 Å². The molecule has 42 heavy (non-hydrogen) atoms. The van der Waals surface area contributed by atoms with Crippen LogP contribution in [0.3, 0.4) is 0 Å². The minimum Gasteiger partial charge on any atom is -0.389 e. The molecule has 0 aromatic heterocycles. The van der Waals surface area contributed by atoms with E-state index in [1.165, 1.54) is 12.1 Å². The maximum atomic E-state index is 13.8. The number of benzene rings is 2. The number of sulfone groups is 1. The molecular formula is C29H34ClF3N2O6S. The number of aliphatic hydroxyl groups is 1. The number of ether oxygens (including phenoxy) is 1. The highest BCUT2D eigenvalue weighted by Gasteiger charge is 2.52. The molecule has 4 rings (SSSR count). The molecule has 4 atom stereocenters. The summed E-state index contributed by atoms with van der Waals surface area (Å²) in [6.45, 7) is 3.91. The fraction of sp³-hybridized carbons (Fsp3) is 0.517. The quantitative estimate of drug-likeness (QED) is 0.317. The number of amides is 2. The van der Waals surface area contributed by atoms with Crippen LogP contribution >= 0.6 is 11.6 Å². The van der Waals surface area contributed by atoms with Crippen molar-refractivity contribution in [3.63, 3.8) is 0 Å². The number of methoxy groups -OCH3 is 1. The van der Waals surface area contributed by atoms with Crippen molar-refractivity contribution in [2.24, 2.45) is 11.8 Å². The third-order valence-corrected chi connectivity index (χ3v) is 11.2. The van der Waals surface area contributed by atoms with Crippen LogP contribution in [0.15, 0.2) is 35.2 Å². The number of hydrogen-bond acceptors (Lipinski definition) is 6. The normalized spacial score (nSPS) is 25.1. The molecular weight excluding hydrogens is 597 g/mol. The van der Waals surface area contributed by atoms with Gasteiger partial charge in [0.05, 0.1) is 39.3 Å². The predicted molar refractivity (Wildman–Crippen MR) is 150 cm³/mol. The number of carbonyl (C=O) groups is 2. The first-order chi connectivity index (χ1) is 19.7. The van der Waals surface area contributed by atoms with Crippen LogP contribution in [-0.4, -0.2) is 55.4 Å². The van der Waals surface area contributed by atoms with Gasteiger partial charge in [0.1, 0.15) is 0 Å². The van der Waals surface area contributed by atoms with Crippen LogP contribution in [0.4, 0.5) is 18.9 Å². The summed E-state index contributed by atoms with van der Waals surface area (Å²) < 4.78 is 73.3. The lowest BCUT2D eigenvalue weighted by molar-refractivity contribution is -0.139. The van der Waals surface area contributed by atoms with E-state index >= 15 is 0 Å². The molecule has 230 valence electrons. The summed E-state index contributed by atoms with van der Waals surface area (Å²) in [6, 6.07) is 4.75. The number of carbonyl (C=O) groups excluding carboxylic acids is 2. The van der Waals surface area contributed by atoms with Gasteiger partial charge in [0.25, 0.3) is 5.91 Å². The second-order valence-electron chi connectivity index (χ2n) is 11.4. The molecule has 2 aliphatic rings. The van der Waals surface area contributed by atoms with Crippen LogP contribution in [-0.2, 0) is 19.4 Å². The number of hydrogen-bond donors (Lipinski definition) is 3. The van der Waals surface area contributed by atoms with Gasteiger partial charge in [-0.3, -0.25) is 9.59 Å². The standard InChI is InChI=1S/C29H34ClF3N2O6S/c1-4-18-11-20(9-16(2)29(18,38)14-25(36)35-28(7-8-28)15-41-3)42(39,40)24-10-17(5-6-21(24)30)27(37)34-19-12-22(31)26(33)23(32)13-19/h5-6,10,12-13,16,18,20,38H,4,7-9,11,14-15H2,1-3H3,(H,34,37)(H,35,36)/t16-,18?,20-,29-/m0/s1. The van der Waals surface area contributed by atoms with Crippen LogP contribution in [0, 0.1) is 29.3 Å². The summed E-state index contributed by atoms with van der Waals surface area (Å²) in [5.74, 6) is -6.97. The maximum Gasteiger partial charge on any atom is 0.255 e. The van der Waals surface area contributed by atoms with Crippen molar-refractivity contribution >= 4 is 38.9 Å². The molecule has 13 heteroatoms. The summed E-state index contributed by atoms with van der Waals surface area (Å²) in [7, 11) is -2.58. The van der Waals surface area contributed by atoms with Gasteiger partial charge in [-0.2, -0.15) is 0 Å². The zero-order chi connectivity index (χ0) is 31.0. The number of rotatable bonds is 10. The molecule has 8 nitrogen and oxygen atoms in total.